The Morgan fingerprint density at radius 1 is 1.50 bits per heavy atom. The van der Waals surface area contributed by atoms with Crippen molar-refractivity contribution in [2.75, 3.05) is 0 Å². The number of aromatic nitrogens is 2. The summed E-state index contributed by atoms with van der Waals surface area (Å²) < 4.78 is 15.2. The molecule has 1 aromatic heterocycles. The fourth-order valence-corrected chi connectivity index (χ4v) is 2.44. The van der Waals surface area contributed by atoms with Gasteiger partial charge in [0.25, 0.3) is 0 Å². The lowest BCUT2D eigenvalue weighted by molar-refractivity contribution is -0.121. The number of halogens is 2. The molecule has 0 unspecified atom stereocenters. The minimum Gasteiger partial charge on any atom is -0.353 e. The van der Waals surface area contributed by atoms with Crippen LogP contribution in [-0.4, -0.2) is 21.5 Å². The number of alkyl halides is 1. The second kappa shape index (κ2) is 5.40. The van der Waals surface area contributed by atoms with E-state index in [9.17, 15) is 9.18 Å². The zero-order chi connectivity index (χ0) is 14.1. The minimum atomic E-state index is -0.317. The van der Waals surface area contributed by atoms with Crippen LogP contribution in [0.15, 0.2) is 18.2 Å². The molecule has 0 bridgehead atoms. The van der Waals surface area contributed by atoms with Crippen LogP contribution in [-0.2, 0) is 17.2 Å². The van der Waals surface area contributed by atoms with Gasteiger partial charge >= 0.3 is 0 Å². The number of carbonyl (C=O) groups excluding carboxylic acids is 1. The van der Waals surface area contributed by atoms with Gasteiger partial charge in [-0.15, -0.1) is 11.6 Å². The molecule has 20 heavy (non-hydrogen) atoms. The highest BCUT2D eigenvalue weighted by Gasteiger charge is 2.23. The first-order valence-corrected chi connectivity index (χ1v) is 7.21. The van der Waals surface area contributed by atoms with Crippen LogP contribution in [0.2, 0.25) is 0 Å². The number of carbonyl (C=O) groups is 1. The van der Waals surface area contributed by atoms with Crippen LogP contribution in [0.1, 0.15) is 25.1 Å². The molecular weight excluding hydrogens is 281 g/mol. The van der Waals surface area contributed by atoms with Crippen LogP contribution in [0.5, 0.6) is 0 Å². The predicted molar refractivity (Wildman–Crippen MR) is 75.0 cm³/mol. The van der Waals surface area contributed by atoms with Crippen molar-refractivity contribution in [2.45, 2.75) is 37.7 Å². The third kappa shape index (κ3) is 2.77. The molecule has 106 valence electrons. The summed E-state index contributed by atoms with van der Waals surface area (Å²) in [6.07, 6.45) is 2.48. The quantitative estimate of drug-likeness (QED) is 0.862. The summed E-state index contributed by atoms with van der Waals surface area (Å²) >= 11 is 5.88. The van der Waals surface area contributed by atoms with E-state index in [0.717, 1.165) is 12.8 Å². The van der Waals surface area contributed by atoms with E-state index in [-0.39, 0.29) is 17.6 Å². The third-order valence-corrected chi connectivity index (χ3v) is 3.65. The average Bonchev–Trinajstić information content (AvgIpc) is 3.16. The Morgan fingerprint density at radius 3 is 3.00 bits per heavy atom. The molecule has 1 fully saturated rings. The fourth-order valence-electron chi connectivity index (χ4n) is 2.24. The van der Waals surface area contributed by atoms with E-state index in [1.165, 1.54) is 12.1 Å². The molecule has 0 atom stereocenters. The van der Waals surface area contributed by atoms with E-state index in [2.05, 4.69) is 10.3 Å². The Bertz CT molecular complexity index is 651. The zero-order valence-corrected chi connectivity index (χ0v) is 11.7. The Labute approximate surface area is 120 Å². The number of aryl methyl sites for hydroxylation is 1. The molecule has 0 spiro atoms. The minimum absolute atomic E-state index is 0.0197. The molecule has 1 amide bonds. The topological polar surface area (TPSA) is 46.9 Å². The Morgan fingerprint density at radius 2 is 2.30 bits per heavy atom. The molecule has 3 rings (SSSR count). The number of fused-ring (bicyclic) bond motifs is 1. The molecule has 0 saturated heterocycles. The van der Waals surface area contributed by atoms with Gasteiger partial charge in [0, 0.05) is 19.0 Å². The first-order valence-electron chi connectivity index (χ1n) is 6.67. The third-order valence-electron chi connectivity index (χ3n) is 3.41. The van der Waals surface area contributed by atoms with E-state index in [4.69, 9.17) is 11.6 Å². The lowest BCUT2D eigenvalue weighted by Crippen LogP contribution is -2.26. The lowest BCUT2D eigenvalue weighted by Gasteiger charge is -2.08. The van der Waals surface area contributed by atoms with Crippen molar-refractivity contribution < 1.29 is 9.18 Å². The monoisotopic (exact) mass is 295 g/mol. The van der Waals surface area contributed by atoms with Gasteiger partial charge in [-0.05, 0) is 31.0 Å². The molecular formula is C14H15ClFN3O. The highest BCUT2D eigenvalue weighted by molar-refractivity contribution is 6.16. The smallest absolute Gasteiger partial charge is 0.222 e. The Kier molecular flexibility index (Phi) is 3.61. The number of amides is 1. The van der Waals surface area contributed by atoms with Gasteiger partial charge in [-0.3, -0.25) is 4.79 Å². The second-order valence-electron chi connectivity index (χ2n) is 5.04. The van der Waals surface area contributed by atoms with Crippen molar-refractivity contribution >= 4 is 28.5 Å². The molecule has 4 nitrogen and oxygen atoms in total. The fraction of sp³-hybridized carbons (Fsp3) is 0.429. The maximum atomic E-state index is 13.4. The van der Waals surface area contributed by atoms with Crippen LogP contribution in [0.3, 0.4) is 0 Å². The van der Waals surface area contributed by atoms with Gasteiger partial charge in [-0.1, -0.05) is 0 Å². The second-order valence-corrected chi connectivity index (χ2v) is 5.31. The molecule has 1 heterocycles. The average molecular weight is 296 g/mol. The van der Waals surface area contributed by atoms with Crippen molar-refractivity contribution in [3.63, 3.8) is 0 Å². The summed E-state index contributed by atoms with van der Waals surface area (Å²) in [5.74, 6) is 0.598. The first kappa shape index (κ1) is 13.4. The van der Waals surface area contributed by atoms with Crippen LogP contribution in [0.25, 0.3) is 11.0 Å². The van der Waals surface area contributed by atoms with E-state index in [1.54, 1.807) is 6.07 Å². The Hall–Kier alpha value is -1.62. The number of rotatable bonds is 5. The predicted octanol–water partition coefficient (Wildman–Crippen LogP) is 2.58. The molecule has 1 saturated carbocycles. The molecule has 1 aliphatic rings. The van der Waals surface area contributed by atoms with Crippen molar-refractivity contribution in [1.29, 1.82) is 0 Å². The number of nitrogens with one attached hydrogen (secondary N) is 1. The SMILES string of the molecule is O=C(CCn1c(CCl)nc2ccc(F)cc21)NC1CC1. The number of imidazole rings is 1. The van der Waals surface area contributed by atoms with Gasteiger partial charge in [0.05, 0.1) is 16.9 Å². The van der Waals surface area contributed by atoms with Crippen LogP contribution >= 0.6 is 11.6 Å². The first-order chi connectivity index (χ1) is 9.67. The van der Waals surface area contributed by atoms with E-state index in [0.29, 0.717) is 35.9 Å². The molecule has 2 aromatic rings. The molecule has 1 N–H and O–H groups in total. The van der Waals surface area contributed by atoms with Crippen molar-refractivity contribution in [3.05, 3.63) is 29.8 Å². The van der Waals surface area contributed by atoms with Gasteiger partial charge in [0.2, 0.25) is 5.91 Å². The summed E-state index contributed by atoms with van der Waals surface area (Å²) in [4.78, 5) is 16.1. The highest BCUT2D eigenvalue weighted by Crippen LogP contribution is 2.20. The van der Waals surface area contributed by atoms with Crippen molar-refractivity contribution in [1.82, 2.24) is 14.9 Å². The number of hydrogen-bond donors (Lipinski definition) is 1. The number of nitrogens with zero attached hydrogens (tertiary/aromatic N) is 2. The van der Waals surface area contributed by atoms with E-state index >= 15 is 0 Å². The highest BCUT2D eigenvalue weighted by atomic mass is 35.5. The molecule has 0 radical (unpaired) electrons. The lowest BCUT2D eigenvalue weighted by atomic mass is 10.3. The molecule has 0 aliphatic heterocycles. The summed E-state index contributed by atoms with van der Waals surface area (Å²) in [5.41, 5.74) is 1.38. The van der Waals surface area contributed by atoms with E-state index < -0.39 is 0 Å². The largest absolute Gasteiger partial charge is 0.353 e. The molecule has 1 aromatic carbocycles. The number of hydrogen-bond acceptors (Lipinski definition) is 2. The van der Waals surface area contributed by atoms with Gasteiger partial charge < -0.3 is 9.88 Å². The summed E-state index contributed by atoms with van der Waals surface area (Å²) in [7, 11) is 0. The summed E-state index contributed by atoms with van der Waals surface area (Å²) in [5, 5.41) is 2.93. The van der Waals surface area contributed by atoms with Gasteiger partial charge in [-0.2, -0.15) is 0 Å². The maximum absolute atomic E-state index is 13.4. The molecule has 1 aliphatic carbocycles. The summed E-state index contributed by atoms with van der Waals surface area (Å²) in [6, 6.07) is 4.78. The van der Waals surface area contributed by atoms with Crippen LogP contribution < -0.4 is 5.32 Å². The van der Waals surface area contributed by atoms with Gasteiger partial charge in [0.15, 0.2) is 0 Å². The van der Waals surface area contributed by atoms with Gasteiger partial charge in [0.1, 0.15) is 11.6 Å². The van der Waals surface area contributed by atoms with E-state index in [1.807, 2.05) is 4.57 Å². The zero-order valence-electron chi connectivity index (χ0n) is 10.9. The molecule has 6 heteroatoms. The normalized spacial score (nSPS) is 14.7. The standard InChI is InChI=1S/C14H15ClFN3O/c15-8-13-18-11-4-1-9(16)7-12(11)19(13)6-5-14(20)17-10-2-3-10/h1,4,7,10H,2-3,5-6,8H2,(H,17,20). The Balaban J connectivity index is 1.80. The van der Waals surface area contributed by atoms with Crippen molar-refractivity contribution in [3.8, 4) is 0 Å². The van der Waals surface area contributed by atoms with Crippen molar-refractivity contribution in [2.24, 2.45) is 0 Å². The van der Waals surface area contributed by atoms with Crippen LogP contribution in [0.4, 0.5) is 4.39 Å². The number of benzene rings is 1. The van der Waals surface area contributed by atoms with Crippen LogP contribution in [0, 0.1) is 5.82 Å². The maximum Gasteiger partial charge on any atom is 0.222 e. The van der Waals surface area contributed by atoms with Gasteiger partial charge in [-0.25, -0.2) is 9.37 Å². The summed E-state index contributed by atoms with van der Waals surface area (Å²) in [6.45, 7) is 0.459.